The van der Waals surface area contributed by atoms with Crippen molar-refractivity contribution in [3.05, 3.63) is 0 Å². The zero-order valence-electron chi connectivity index (χ0n) is 8.93. The summed E-state index contributed by atoms with van der Waals surface area (Å²) in [6.45, 7) is 2.03. The Kier molecular flexibility index (Phi) is 4.92. The molecule has 0 aliphatic heterocycles. The summed E-state index contributed by atoms with van der Waals surface area (Å²) >= 11 is 0. The molecule has 1 N–H and O–H groups in total. The maximum absolute atomic E-state index is 12.2. The maximum atomic E-state index is 12.2. The summed E-state index contributed by atoms with van der Waals surface area (Å²) in [7, 11) is 0. The topological polar surface area (TPSA) is 63.6 Å². The third-order valence-corrected chi connectivity index (χ3v) is 1.80. The first-order chi connectivity index (χ1) is 7.10. The molecule has 7 heteroatoms. The van der Waals surface area contributed by atoms with Crippen molar-refractivity contribution in [3.63, 3.8) is 0 Å². The van der Waals surface area contributed by atoms with Crippen LogP contribution in [0.1, 0.15) is 26.7 Å². The lowest BCUT2D eigenvalue weighted by molar-refractivity contribution is -0.253. The Labute approximate surface area is 90.4 Å². The second-order valence-corrected chi connectivity index (χ2v) is 3.47. The molecule has 4 nitrogen and oxygen atoms in total. The number of ketones is 1. The molecule has 16 heavy (non-hydrogen) atoms. The van der Waals surface area contributed by atoms with Gasteiger partial charge in [0.05, 0.1) is 6.61 Å². The number of carbonyl (C=O) groups is 2. The molecule has 0 saturated heterocycles. The van der Waals surface area contributed by atoms with Crippen LogP contribution in [0.15, 0.2) is 0 Å². The number of esters is 1. The number of aliphatic hydroxyl groups is 1. The molecule has 0 aromatic rings. The summed E-state index contributed by atoms with van der Waals surface area (Å²) in [5.41, 5.74) is -3.11. The Morgan fingerprint density at radius 1 is 1.31 bits per heavy atom. The number of carbonyl (C=O) groups excluding carboxylic acids is 2. The average Bonchev–Trinajstić information content (AvgIpc) is 1.99. The Balaban J connectivity index is 4.30. The van der Waals surface area contributed by atoms with Crippen molar-refractivity contribution in [3.8, 4) is 0 Å². The summed E-state index contributed by atoms with van der Waals surface area (Å²) < 4.78 is 40.9. The van der Waals surface area contributed by atoms with E-state index in [0.29, 0.717) is 6.92 Å². The van der Waals surface area contributed by atoms with Gasteiger partial charge in [0.25, 0.3) is 0 Å². The molecule has 1 atom stereocenters. The van der Waals surface area contributed by atoms with Gasteiger partial charge in [-0.3, -0.25) is 9.59 Å². The molecule has 0 fully saturated rings. The van der Waals surface area contributed by atoms with E-state index in [1.165, 1.54) is 6.92 Å². The Hall–Kier alpha value is -1.11. The van der Waals surface area contributed by atoms with E-state index < -0.39 is 36.4 Å². The summed E-state index contributed by atoms with van der Waals surface area (Å²) in [5, 5.41) is 8.97. The molecule has 0 aliphatic carbocycles. The van der Waals surface area contributed by atoms with Crippen molar-refractivity contribution >= 4 is 11.8 Å². The monoisotopic (exact) mass is 242 g/mol. The standard InChI is InChI=1S/C9H13F3O4/c1-3-16-7(14)4-6(13)5-8(2,15)9(10,11)12/h15H,3-5H2,1-2H3/t8-/m1/s1. The number of hydrogen-bond acceptors (Lipinski definition) is 4. The van der Waals surface area contributed by atoms with E-state index in [-0.39, 0.29) is 6.61 Å². The highest BCUT2D eigenvalue weighted by molar-refractivity contribution is 5.95. The van der Waals surface area contributed by atoms with E-state index >= 15 is 0 Å². The first kappa shape index (κ1) is 14.9. The molecule has 0 heterocycles. The van der Waals surface area contributed by atoms with Crippen LogP contribution in [0.2, 0.25) is 0 Å². The van der Waals surface area contributed by atoms with Gasteiger partial charge in [-0.05, 0) is 13.8 Å². The lowest BCUT2D eigenvalue weighted by Crippen LogP contribution is -2.44. The molecule has 0 radical (unpaired) electrons. The molecule has 0 unspecified atom stereocenters. The Morgan fingerprint density at radius 3 is 2.19 bits per heavy atom. The second-order valence-electron chi connectivity index (χ2n) is 3.47. The van der Waals surface area contributed by atoms with Gasteiger partial charge in [-0.15, -0.1) is 0 Å². The molecule has 0 saturated carbocycles. The largest absolute Gasteiger partial charge is 0.466 e. The highest BCUT2D eigenvalue weighted by Gasteiger charge is 2.50. The summed E-state index contributed by atoms with van der Waals surface area (Å²) in [4.78, 5) is 21.8. The van der Waals surface area contributed by atoms with Crippen LogP contribution >= 0.6 is 0 Å². The van der Waals surface area contributed by atoms with E-state index in [4.69, 9.17) is 5.11 Å². The number of Topliss-reactive ketones (excluding diaryl/α,β-unsaturated/α-hetero) is 1. The fraction of sp³-hybridized carbons (Fsp3) is 0.778. The molecular weight excluding hydrogens is 229 g/mol. The van der Waals surface area contributed by atoms with Crippen molar-refractivity contribution in [1.29, 1.82) is 0 Å². The fourth-order valence-electron chi connectivity index (χ4n) is 0.920. The SMILES string of the molecule is CCOC(=O)CC(=O)C[C@@](C)(O)C(F)(F)F. The zero-order valence-corrected chi connectivity index (χ0v) is 8.93. The summed E-state index contributed by atoms with van der Waals surface area (Å²) in [6, 6.07) is 0. The number of ether oxygens (including phenoxy) is 1. The molecule has 0 bridgehead atoms. The first-order valence-electron chi connectivity index (χ1n) is 4.56. The van der Waals surface area contributed by atoms with Gasteiger partial charge in [-0.1, -0.05) is 0 Å². The predicted molar refractivity (Wildman–Crippen MR) is 47.6 cm³/mol. The lowest BCUT2D eigenvalue weighted by atomic mass is 9.97. The quantitative estimate of drug-likeness (QED) is 0.581. The number of hydrogen-bond donors (Lipinski definition) is 1. The fourth-order valence-corrected chi connectivity index (χ4v) is 0.920. The van der Waals surface area contributed by atoms with Gasteiger partial charge in [-0.2, -0.15) is 13.2 Å². The van der Waals surface area contributed by atoms with Gasteiger partial charge in [0.1, 0.15) is 12.2 Å². The highest BCUT2D eigenvalue weighted by Crippen LogP contribution is 2.32. The van der Waals surface area contributed by atoms with E-state index in [9.17, 15) is 22.8 Å². The van der Waals surface area contributed by atoms with E-state index in [2.05, 4.69) is 4.74 Å². The van der Waals surface area contributed by atoms with E-state index in [1.807, 2.05) is 0 Å². The molecular formula is C9H13F3O4. The smallest absolute Gasteiger partial charge is 0.417 e. The van der Waals surface area contributed by atoms with Crippen LogP contribution in [-0.4, -0.2) is 35.2 Å². The molecule has 0 amide bonds. The van der Waals surface area contributed by atoms with Gasteiger partial charge < -0.3 is 9.84 Å². The van der Waals surface area contributed by atoms with Crippen LogP contribution in [0, 0.1) is 0 Å². The van der Waals surface area contributed by atoms with Crippen molar-refractivity contribution in [1.82, 2.24) is 0 Å². The molecule has 94 valence electrons. The van der Waals surface area contributed by atoms with Crippen LogP contribution in [0.3, 0.4) is 0 Å². The van der Waals surface area contributed by atoms with Crippen LogP contribution in [0.4, 0.5) is 13.2 Å². The number of alkyl halides is 3. The minimum atomic E-state index is -4.91. The number of rotatable bonds is 5. The van der Waals surface area contributed by atoms with Crippen LogP contribution < -0.4 is 0 Å². The van der Waals surface area contributed by atoms with Gasteiger partial charge in [0.2, 0.25) is 0 Å². The Morgan fingerprint density at radius 2 is 1.81 bits per heavy atom. The van der Waals surface area contributed by atoms with Gasteiger partial charge in [-0.25, -0.2) is 0 Å². The van der Waals surface area contributed by atoms with Crippen LogP contribution in [0.25, 0.3) is 0 Å². The summed E-state index contributed by atoms with van der Waals surface area (Å²) in [5.74, 6) is -1.91. The first-order valence-corrected chi connectivity index (χ1v) is 4.56. The Bertz CT molecular complexity index is 270. The normalized spacial score (nSPS) is 15.4. The van der Waals surface area contributed by atoms with Crippen molar-refractivity contribution in [2.75, 3.05) is 6.61 Å². The number of halogens is 3. The molecule has 0 aromatic carbocycles. The van der Waals surface area contributed by atoms with Crippen LogP contribution in [0.5, 0.6) is 0 Å². The lowest BCUT2D eigenvalue weighted by Gasteiger charge is -2.25. The molecule has 0 aromatic heterocycles. The average molecular weight is 242 g/mol. The van der Waals surface area contributed by atoms with Crippen LogP contribution in [-0.2, 0) is 14.3 Å². The van der Waals surface area contributed by atoms with E-state index in [1.54, 1.807) is 0 Å². The second kappa shape index (κ2) is 5.29. The minimum absolute atomic E-state index is 0.0434. The molecule has 0 aliphatic rings. The van der Waals surface area contributed by atoms with Crippen molar-refractivity contribution < 1.29 is 32.6 Å². The maximum Gasteiger partial charge on any atom is 0.417 e. The zero-order chi connectivity index (χ0) is 13.0. The van der Waals surface area contributed by atoms with E-state index in [0.717, 1.165) is 0 Å². The van der Waals surface area contributed by atoms with Gasteiger partial charge in [0, 0.05) is 6.42 Å². The van der Waals surface area contributed by atoms with Crippen molar-refractivity contribution in [2.24, 2.45) is 0 Å². The third kappa shape index (κ3) is 4.61. The predicted octanol–water partition coefficient (Wildman–Crippen LogP) is 1.21. The van der Waals surface area contributed by atoms with Gasteiger partial charge >= 0.3 is 12.1 Å². The van der Waals surface area contributed by atoms with Crippen molar-refractivity contribution in [2.45, 2.75) is 38.5 Å². The molecule has 0 spiro atoms. The third-order valence-electron chi connectivity index (χ3n) is 1.80. The molecule has 0 rings (SSSR count). The van der Waals surface area contributed by atoms with Gasteiger partial charge in [0.15, 0.2) is 5.60 Å². The minimum Gasteiger partial charge on any atom is -0.466 e. The highest BCUT2D eigenvalue weighted by atomic mass is 19.4. The summed E-state index contributed by atoms with van der Waals surface area (Å²) in [6.07, 6.45) is -6.83.